The molecule has 0 aromatic heterocycles. The van der Waals surface area contributed by atoms with Crippen molar-refractivity contribution < 1.29 is 14.3 Å². The molecule has 0 spiro atoms. The van der Waals surface area contributed by atoms with Gasteiger partial charge in [0.05, 0.1) is 12.6 Å². The maximum atomic E-state index is 11.4. The van der Waals surface area contributed by atoms with Gasteiger partial charge in [0, 0.05) is 26.9 Å². The number of carbonyl (C=O) groups is 1. The van der Waals surface area contributed by atoms with Gasteiger partial charge in [0.25, 0.3) is 0 Å². The highest BCUT2D eigenvalue weighted by atomic mass is 16.5. The summed E-state index contributed by atoms with van der Waals surface area (Å²) >= 11 is 0. The zero-order chi connectivity index (χ0) is 11.8. The summed E-state index contributed by atoms with van der Waals surface area (Å²) in [4.78, 5) is 11.4. The number of hydrogen-bond donors (Lipinski definition) is 2. The second-order valence-electron chi connectivity index (χ2n) is 4.20. The largest absolute Gasteiger partial charge is 0.385 e. The van der Waals surface area contributed by atoms with Crippen LogP contribution in [0.3, 0.4) is 0 Å². The predicted molar refractivity (Wildman–Crippen MR) is 61.0 cm³/mol. The van der Waals surface area contributed by atoms with Crippen LogP contribution in [0.2, 0.25) is 0 Å². The van der Waals surface area contributed by atoms with Crippen LogP contribution in [0.4, 0.5) is 0 Å². The molecular formula is C11H22N2O3. The highest BCUT2D eigenvalue weighted by Crippen LogP contribution is 2.28. The molecule has 5 heteroatoms. The standard InChI is InChI=1S/C11H22N2O3/c1-15-6-4-10(12)11(14)13-5-7-16-8-9-2-3-9/h9-10H,2-8,12H2,1H3,(H,13,14). The lowest BCUT2D eigenvalue weighted by atomic mass is 10.2. The Morgan fingerprint density at radius 1 is 1.50 bits per heavy atom. The molecule has 1 amide bonds. The Bertz CT molecular complexity index is 207. The molecule has 0 aromatic carbocycles. The third kappa shape index (κ3) is 6.05. The van der Waals surface area contributed by atoms with Crippen LogP contribution in [0.1, 0.15) is 19.3 Å². The Labute approximate surface area is 96.7 Å². The van der Waals surface area contributed by atoms with Gasteiger partial charge in [0.15, 0.2) is 0 Å². The highest BCUT2D eigenvalue weighted by molar-refractivity contribution is 5.81. The van der Waals surface area contributed by atoms with Crippen molar-refractivity contribution in [1.82, 2.24) is 5.32 Å². The van der Waals surface area contributed by atoms with E-state index in [9.17, 15) is 4.79 Å². The van der Waals surface area contributed by atoms with E-state index in [0.29, 0.717) is 26.2 Å². The molecule has 1 unspecified atom stereocenters. The third-order valence-electron chi connectivity index (χ3n) is 2.57. The van der Waals surface area contributed by atoms with Gasteiger partial charge in [0.2, 0.25) is 5.91 Å². The zero-order valence-electron chi connectivity index (χ0n) is 9.91. The van der Waals surface area contributed by atoms with Gasteiger partial charge >= 0.3 is 0 Å². The smallest absolute Gasteiger partial charge is 0.237 e. The van der Waals surface area contributed by atoms with Crippen LogP contribution in [0, 0.1) is 5.92 Å². The Balaban J connectivity index is 1.91. The van der Waals surface area contributed by atoms with Crippen molar-refractivity contribution in [3.63, 3.8) is 0 Å². The first-order chi connectivity index (χ1) is 7.74. The topological polar surface area (TPSA) is 73.6 Å². The second-order valence-corrected chi connectivity index (χ2v) is 4.20. The van der Waals surface area contributed by atoms with Crippen molar-refractivity contribution in [3.05, 3.63) is 0 Å². The van der Waals surface area contributed by atoms with Crippen molar-refractivity contribution in [2.75, 3.05) is 33.5 Å². The monoisotopic (exact) mass is 230 g/mol. The SMILES string of the molecule is COCCC(N)C(=O)NCCOCC1CC1. The summed E-state index contributed by atoms with van der Waals surface area (Å²) in [5.74, 6) is 0.631. The van der Waals surface area contributed by atoms with Crippen LogP contribution >= 0.6 is 0 Å². The quantitative estimate of drug-likeness (QED) is 0.542. The average molecular weight is 230 g/mol. The Morgan fingerprint density at radius 2 is 2.25 bits per heavy atom. The highest BCUT2D eigenvalue weighted by Gasteiger charge is 2.21. The normalized spacial score (nSPS) is 17.1. The first-order valence-corrected chi connectivity index (χ1v) is 5.84. The zero-order valence-corrected chi connectivity index (χ0v) is 9.91. The summed E-state index contributed by atoms with van der Waals surface area (Å²) in [6.07, 6.45) is 3.12. The van der Waals surface area contributed by atoms with Crippen LogP contribution < -0.4 is 11.1 Å². The Kier molecular flexibility index (Phi) is 6.37. The fourth-order valence-electron chi connectivity index (χ4n) is 1.29. The molecule has 5 nitrogen and oxygen atoms in total. The molecule has 16 heavy (non-hydrogen) atoms. The van der Waals surface area contributed by atoms with E-state index < -0.39 is 6.04 Å². The van der Waals surface area contributed by atoms with Crippen molar-refractivity contribution in [2.24, 2.45) is 11.7 Å². The molecule has 0 aromatic rings. The Hall–Kier alpha value is -0.650. The van der Waals surface area contributed by atoms with E-state index in [4.69, 9.17) is 15.2 Å². The van der Waals surface area contributed by atoms with E-state index >= 15 is 0 Å². The molecule has 1 fully saturated rings. The first kappa shape index (κ1) is 13.4. The molecule has 1 saturated carbocycles. The van der Waals surface area contributed by atoms with Crippen molar-refractivity contribution >= 4 is 5.91 Å². The molecule has 1 aliphatic rings. The second kappa shape index (κ2) is 7.60. The first-order valence-electron chi connectivity index (χ1n) is 5.84. The summed E-state index contributed by atoms with van der Waals surface area (Å²) in [5, 5.41) is 2.74. The van der Waals surface area contributed by atoms with Gasteiger partial charge in [-0.1, -0.05) is 0 Å². The van der Waals surface area contributed by atoms with Crippen LogP contribution in [0.5, 0.6) is 0 Å². The van der Waals surface area contributed by atoms with E-state index in [-0.39, 0.29) is 5.91 Å². The summed E-state index contributed by atoms with van der Waals surface area (Å²) in [7, 11) is 1.59. The van der Waals surface area contributed by atoms with E-state index in [1.165, 1.54) is 12.8 Å². The van der Waals surface area contributed by atoms with Gasteiger partial charge in [-0.3, -0.25) is 4.79 Å². The number of hydrogen-bond acceptors (Lipinski definition) is 4. The molecule has 0 aliphatic heterocycles. The molecule has 0 heterocycles. The molecule has 1 rings (SSSR count). The minimum absolute atomic E-state index is 0.132. The number of carbonyl (C=O) groups excluding carboxylic acids is 1. The molecule has 3 N–H and O–H groups in total. The lowest BCUT2D eigenvalue weighted by Crippen LogP contribution is -2.42. The number of rotatable bonds is 9. The fraction of sp³-hybridized carbons (Fsp3) is 0.909. The summed E-state index contributed by atoms with van der Waals surface area (Å²) in [6, 6.07) is -0.483. The minimum atomic E-state index is -0.483. The van der Waals surface area contributed by atoms with E-state index in [1.54, 1.807) is 7.11 Å². The van der Waals surface area contributed by atoms with Crippen LogP contribution in [0.15, 0.2) is 0 Å². The number of nitrogens with one attached hydrogen (secondary N) is 1. The number of nitrogens with two attached hydrogens (primary N) is 1. The fourth-order valence-corrected chi connectivity index (χ4v) is 1.29. The van der Waals surface area contributed by atoms with Crippen LogP contribution in [-0.2, 0) is 14.3 Å². The number of ether oxygens (including phenoxy) is 2. The van der Waals surface area contributed by atoms with Crippen molar-refractivity contribution in [3.8, 4) is 0 Å². The predicted octanol–water partition coefficient (Wildman–Crippen LogP) is -0.107. The third-order valence-corrected chi connectivity index (χ3v) is 2.57. The maximum Gasteiger partial charge on any atom is 0.237 e. The van der Waals surface area contributed by atoms with Gasteiger partial charge in [0.1, 0.15) is 0 Å². The van der Waals surface area contributed by atoms with Gasteiger partial charge in [-0.15, -0.1) is 0 Å². The minimum Gasteiger partial charge on any atom is -0.385 e. The number of amides is 1. The van der Waals surface area contributed by atoms with E-state index in [0.717, 1.165) is 12.5 Å². The van der Waals surface area contributed by atoms with Crippen LogP contribution in [0.25, 0.3) is 0 Å². The Morgan fingerprint density at radius 3 is 2.88 bits per heavy atom. The lowest BCUT2D eigenvalue weighted by Gasteiger charge is -2.11. The summed E-state index contributed by atoms with van der Waals surface area (Å²) in [5.41, 5.74) is 5.64. The average Bonchev–Trinajstić information content (AvgIpc) is 3.09. The molecule has 1 atom stereocenters. The molecule has 94 valence electrons. The van der Waals surface area contributed by atoms with E-state index in [1.807, 2.05) is 0 Å². The number of methoxy groups -OCH3 is 1. The van der Waals surface area contributed by atoms with Gasteiger partial charge in [-0.2, -0.15) is 0 Å². The molecule has 1 aliphatic carbocycles. The van der Waals surface area contributed by atoms with Crippen LogP contribution in [-0.4, -0.2) is 45.4 Å². The van der Waals surface area contributed by atoms with Gasteiger partial charge in [-0.25, -0.2) is 0 Å². The molecular weight excluding hydrogens is 208 g/mol. The van der Waals surface area contributed by atoms with E-state index in [2.05, 4.69) is 5.32 Å². The summed E-state index contributed by atoms with van der Waals surface area (Å²) < 4.78 is 10.2. The summed E-state index contributed by atoms with van der Waals surface area (Å²) in [6.45, 7) is 2.43. The molecule has 0 radical (unpaired) electrons. The molecule has 0 bridgehead atoms. The maximum absolute atomic E-state index is 11.4. The van der Waals surface area contributed by atoms with Crippen molar-refractivity contribution in [1.29, 1.82) is 0 Å². The molecule has 0 saturated heterocycles. The lowest BCUT2D eigenvalue weighted by molar-refractivity contribution is -0.123. The van der Waals surface area contributed by atoms with Gasteiger partial charge in [-0.05, 0) is 25.2 Å². The van der Waals surface area contributed by atoms with Crippen molar-refractivity contribution in [2.45, 2.75) is 25.3 Å². The van der Waals surface area contributed by atoms with Gasteiger partial charge < -0.3 is 20.5 Å².